The molecule has 3 aromatic carbocycles. The molecule has 0 aliphatic heterocycles. The van der Waals surface area contributed by atoms with Crippen molar-refractivity contribution in [2.24, 2.45) is 5.92 Å². The van der Waals surface area contributed by atoms with Crippen LogP contribution in [0.2, 0.25) is 0 Å². The Balaban J connectivity index is 1.77. The third kappa shape index (κ3) is 8.32. The molecule has 0 bridgehead atoms. The van der Waals surface area contributed by atoms with Crippen LogP contribution in [0.5, 0.6) is 5.75 Å². The molecule has 3 rings (SSSR count). The Morgan fingerprint density at radius 1 is 0.917 bits per heavy atom. The van der Waals surface area contributed by atoms with Gasteiger partial charge in [-0.2, -0.15) is 4.72 Å². The quantitative estimate of drug-likeness (QED) is 0.284. The first-order valence-electron chi connectivity index (χ1n) is 11.9. The zero-order valence-electron chi connectivity index (χ0n) is 20.7. The molecule has 0 saturated heterocycles. The number of benzene rings is 3. The van der Waals surface area contributed by atoms with E-state index in [1.54, 1.807) is 36.4 Å². The van der Waals surface area contributed by atoms with Crippen molar-refractivity contribution in [2.75, 3.05) is 5.32 Å². The van der Waals surface area contributed by atoms with Crippen LogP contribution in [-0.4, -0.2) is 26.3 Å². The van der Waals surface area contributed by atoms with Gasteiger partial charge in [-0.15, -0.1) is 0 Å². The van der Waals surface area contributed by atoms with Gasteiger partial charge in [0.25, 0.3) is 0 Å². The second-order valence-corrected chi connectivity index (χ2v) is 10.8. The summed E-state index contributed by atoms with van der Waals surface area (Å²) >= 11 is 0. The van der Waals surface area contributed by atoms with Crippen molar-refractivity contribution in [3.63, 3.8) is 0 Å². The molecule has 1 amide bonds. The summed E-state index contributed by atoms with van der Waals surface area (Å²) in [5, 5.41) is 2.75. The number of hydrogen-bond donors (Lipinski definition) is 2. The van der Waals surface area contributed by atoms with E-state index in [9.17, 15) is 18.0 Å². The summed E-state index contributed by atoms with van der Waals surface area (Å²) in [7, 11) is -3.95. The van der Waals surface area contributed by atoms with E-state index in [0.29, 0.717) is 23.8 Å². The van der Waals surface area contributed by atoms with E-state index < -0.39 is 22.0 Å². The first-order valence-corrected chi connectivity index (χ1v) is 13.4. The molecular formula is C28H32N2O5S. The molecule has 3 aromatic rings. The first-order chi connectivity index (χ1) is 17.1. The number of esters is 1. The molecule has 0 spiro atoms. The molecule has 1 unspecified atom stereocenters. The van der Waals surface area contributed by atoms with Gasteiger partial charge < -0.3 is 10.1 Å². The van der Waals surface area contributed by atoms with Gasteiger partial charge in [0.1, 0.15) is 11.8 Å². The molecule has 0 saturated carbocycles. The Labute approximate surface area is 212 Å². The second-order valence-electron chi connectivity index (χ2n) is 9.10. The van der Waals surface area contributed by atoms with Gasteiger partial charge in [0.2, 0.25) is 15.9 Å². The lowest BCUT2D eigenvalue weighted by molar-refractivity contribution is -0.134. The third-order valence-corrected chi connectivity index (χ3v) is 6.97. The monoisotopic (exact) mass is 508 g/mol. The van der Waals surface area contributed by atoms with Crippen molar-refractivity contribution in [1.29, 1.82) is 0 Å². The molecule has 0 aliphatic carbocycles. The van der Waals surface area contributed by atoms with Crippen molar-refractivity contribution in [1.82, 2.24) is 4.72 Å². The van der Waals surface area contributed by atoms with Crippen molar-refractivity contribution in [3.8, 4) is 5.75 Å². The standard InChI is InChI=1S/C28H32N2O5S/c1-20(2)12-17-27(31)35-24-11-7-10-23(19-24)29-28(32)26(18-22-8-5-4-6-9-22)30-36(33,34)25-15-13-21(3)14-16-25/h4-11,13-16,19-20,26,30H,12,17-18H2,1-3H3,(H,29,32). The average molecular weight is 509 g/mol. The first kappa shape index (κ1) is 27.1. The molecule has 1 atom stereocenters. The number of nitrogens with one attached hydrogen (secondary N) is 2. The molecular weight excluding hydrogens is 476 g/mol. The van der Waals surface area contributed by atoms with Gasteiger partial charge >= 0.3 is 5.97 Å². The fourth-order valence-corrected chi connectivity index (χ4v) is 4.66. The highest BCUT2D eigenvalue weighted by atomic mass is 32.2. The number of ether oxygens (including phenoxy) is 1. The zero-order valence-corrected chi connectivity index (χ0v) is 21.5. The highest BCUT2D eigenvalue weighted by Crippen LogP contribution is 2.20. The number of rotatable bonds is 11. The summed E-state index contributed by atoms with van der Waals surface area (Å²) in [5.74, 6) is -0.187. The van der Waals surface area contributed by atoms with Crippen LogP contribution in [0.1, 0.15) is 37.8 Å². The van der Waals surface area contributed by atoms with Crippen LogP contribution < -0.4 is 14.8 Å². The van der Waals surface area contributed by atoms with Gasteiger partial charge in [-0.3, -0.25) is 9.59 Å². The number of aryl methyl sites for hydroxylation is 1. The molecule has 2 N–H and O–H groups in total. The van der Waals surface area contributed by atoms with Gasteiger partial charge in [-0.05, 0) is 55.5 Å². The van der Waals surface area contributed by atoms with E-state index in [4.69, 9.17) is 4.74 Å². The molecule has 0 heterocycles. The third-order valence-electron chi connectivity index (χ3n) is 5.49. The number of amides is 1. The van der Waals surface area contributed by atoms with Gasteiger partial charge in [-0.1, -0.05) is 67.9 Å². The molecule has 0 aliphatic rings. The van der Waals surface area contributed by atoms with E-state index in [2.05, 4.69) is 10.0 Å². The summed E-state index contributed by atoms with van der Waals surface area (Å²) in [6.45, 7) is 5.93. The Hall–Kier alpha value is -3.49. The maximum Gasteiger partial charge on any atom is 0.311 e. The minimum Gasteiger partial charge on any atom is -0.426 e. The Bertz CT molecular complexity index is 1270. The van der Waals surface area contributed by atoms with E-state index in [1.807, 2.05) is 51.1 Å². The van der Waals surface area contributed by atoms with Crippen molar-refractivity contribution < 1.29 is 22.7 Å². The lowest BCUT2D eigenvalue weighted by atomic mass is 10.1. The van der Waals surface area contributed by atoms with Crippen LogP contribution in [0, 0.1) is 12.8 Å². The summed E-state index contributed by atoms with van der Waals surface area (Å²) in [4.78, 5) is 25.4. The topological polar surface area (TPSA) is 102 Å². The molecule has 0 fully saturated rings. The Kier molecular flexibility index (Phi) is 9.38. The number of sulfonamides is 1. The number of anilines is 1. The summed E-state index contributed by atoms with van der Waals surface area (Å²) in [6, 6.07) is 21.0. The molecule has 8 heteroatoms. The lowest BCUT2D eigenvalue weighted by Crippen LogP contribution is -2.45. The normalized spacial score (nSPS) is 12.2. The lowest BCUT2D eigenvalue weighted by Gasteiger charge is -2.19. The van der Waals surface area contributed by atoms with Crippen LogP contribution in [0.15, 0.2) is 83.8 Å². The number of carbonyl (C=O) groups excluding carboxylic acids is 2. The van der Waals surface area contributed by atoms with E-state index >= 15 is 0 Å². The molecule has 7 nitrogen and oxygen atoms in total. The predicted octanol–water partition coefficient (Wildman–Crippen LogP) is 4.86. The molecule has 0 radical (unpaired) electrons. The molecule has 190 valence electrons. The van der Waals surface area contributed by atoms with Crippen molar-refractivity contribution in [2.45, 2.75) is 51.0 Å². The Morgan fingerprint density at radius 3 is 2.28 bits per heavy atom. The van der Waals surface area contributed by atoms with Crippen LogP contribution in [-0.2, 0) is 26.0 Å². The minimum atomic E-state index is -3.95. The van der Waals surface area contributed by atoms with E-state index in [1.165, 1.54) is 12.1 Å². The maximum atomic E-state index is 13.2. The van der Waals surface area contributed by atoms with Gasteiger partial charge in [0, 0.05) is 18.2 Å². The van der Waals surface area contributed by atoms with Gasteiger partial charge in [0.15, 0.2) is 0 Å². The molecule has 36 heavy (non-hydrogen) atoms. The average Bonchev–Trinajstić information content (AvgIpc) is 2.83. The fourth-order valence-electron chi connectivity index (χ4n) is 3.47. The maximum absolute atomic E-state index is 13.2. The summed E-state index contributed by atoms with van der Waals surface area (Å²) < 4.78 is 34.0. The van der Waals surface area contributed by atoms with Crippen LogP contribution in [0.3, 0.4) is 0 Å². The fraction of sp³-hybridized carbons (Fsp3) is 0.286. The van der Waals surface area contributed by atoms with E-state index in [-0.39, 0.29) is 17.3 Å². The second kappa shape index (κ2) is 12.5. The summed E-state index contributed by atoms with van der Waals surface area (Å²) in [5.41, 5.74) is 2.12. The van der Waals surface area contributed by atoms with Crippen LogP contribution >= 0.6 is 0 Å². The minimum absolute atomic E-state index is 0.0780. The Morgan fingerprint density at radius 2 is 1.61 bits per heavy atom. The SMILES string of the molecule is Cc1ccc(S(=O)(=O)NC(Cc2ccccc2)C(=O)Nc2cccc(OC(=O)CCC(C)C)c2)cc1. The smallest absolute Gasteiger partial charge is 0.311 e. The largest absolute Gasteiger partial charge is 0.426 e. The summed E-state index contributed by atoms with van der Waals surface area (Å²) in [6.07, 6.45) is 1.17. The van der Waals surface area contributed by atoms with Crippen LogP contribution in [0.25, 0.3) is 0 Å². The van der Waals surface area contributed by atoms with Crippen molar-refractivity contribution >= 4 is 27.6 Å². The molecule has 0 aromatic heterocycles. The van der Waals surface area contributed by atoms with Gasteiger partial charge in [-0.25, -0.2) is 8.42 Å². The number of carbonyl (C=O) groups is 2. The van der Waals surface area contributed by atoms with Crippen molar-refractivity contribution in [3.05, 3.63) is 90.0 Å². The highest BCUT2D eigenvalue weighted by molar-refractivity contribution is 7.89. The predicted molar refractivity (Wildman–Crippen MR) is 140 cm³/mol. The highest BCUT2D eigenvalue weighted by Gasteiger charge is 2.26. The number of hydrogen-bond acceptors (Lipinski definition) is 5. The van der Waals surface area contributed by atoms with E-state index in [0.717, 1.165) is 17.5 Å². The zero-order chi connectivity index (χ0) is 26.1. The van der Waals surface area contributed by atoms with Gasteiger partial charge in [0.05, 0.1) is 4.90 Å². The van der Waals surface area contributed by atoms with Crippen LogP contribution in [0.4, 0.5) is 5.69 Å².